The molecule has 4 aromatic rings. The molecule has 0 saturated heterocycles. The molecule has 4 rings (SSSR count). The van der Waals surface area contributed by atoms with Crippen LogP contribution in [-0.2, 0) is 10.0 Å². The van der Waals surface area contributed by atoms with E-state index < -0.39 is 27.4 Å². The van der Waals surface area contributed by atoms with E-state index in [4.69, 9.17) is 4.42 Å². The highest BCUT2D eigenvalue weighted by atomic mass is 32.2. The molecule has 0 saturated carbocycles. The molecular formula is C22H15FN2O5S. The Kier molecular flexibility index (Phi) is 5.26. The minimum atomic E-state index is -4.12. The summed E-state index contributed by atoms with van der Waals surface area (Å²) in [7, 11) is -4.12. The van der Waals surface area contributed by atoms with Gasteiger partial charge in [0.1, 0.15) is 17.0 Å². The molecule has 0 aliphatic carbocycles. The largest absolute Gasteiger partial charge is 0.422 e. The number of amides is 1. The zero-order valence-corrected chi connectivity index (χ0v) is 16.6. The lowest BCUT2D eigenvalue weighted by Crippen LogP contribution is -2.21. The second kappa shape index (κ2) is 8.04. The predicted molar refractivity (Wildman–Crippen MR) is 114 cm³/mol. The molecule has 31 heavy (non-hydrogen) atoms. The van der Waals surface area contributed by atoms with Gasteiger partial charge in [0.15, 0.2) is 0 Å². The first kappa shape index (κ1) is 20.3. The standard InChI is InChI=1S/C22H15FN2O5S/c23-18-9-2-3-10-19(18)25-31(28,29)16-8-5-7-15(13-16)24-21(26)17-12-14-6-1-4-11-20(14)30-22(17)27/h1-13,25H,(H,24,26). The Bertz CT molecular complexity index is 1460. The number of benzene rings is 3. The van der Waals surface area contributed by atoms with E-state index in [0.717, 1.165) is 6.07 Å². The number of anilines is 2. The summed E-state index contributed by atoms with van der Waals surface area (Å²) in [6, 6.07) is 18.8. The smallest absolute Gasteiger partial charge is 0.349 e. The van der Waals surface area contributed by atoms with Gasteiger partial charge in [-0.3, -0.25) is 9.52 Å². The lowest BCUT2D eigenvalue weighted by Gasteiger charge is -2.11. The Morgan fingerprint density at radius 1 is 0.903 bits per heavy atom. The van der Waals surface area contributed by atoms with Gasteiger partial charge in [-0.1, -0.05) is 36.4 Å². The van der Waals surface area contributed by atoms with Crippen molar-refractivity contribution in [2.75, 3.05) is 10.0 Å². The van der Waals surface area contributed by atoms with Crippen LogP contribution in [0.15, 0.2) is 93.0 Å². The highest BCUT2D eigenvalue weighted by Crippen LogP contribution is 2.21. The summed E-state index contributed by atoms with van der Waals surface area (Å²) in [5.74, 6) is -1.48. The number of hydrogen-bond acceptors (Lipinski definition) is 5. The number of fused-ring (bicyclic) bond motifs is 1. The van der Waals surface area contributed by atoms with Crippen LogP contribution in [0.3, 0.4) is 0 Å². The highest BCUT2D eigenvalue weighted by molar-refractivity contribution is 7.92. The number of sulfonamides is 1. The zero-order chi connectivity index (χ0) is 22.0. The van der Waals surface area contributed by atoms with E-state index >= 15 is 0 Å². The fourth-order valence-corrected chi connectivity index (χ4v) is 4.02. The number of carbonyl (C=O) groups is 1. The van der Waals surface area contributed by atoms with Crippen LogP contribution < -0.4 is 15.7 Å². The first-order chi connectivity index (χ1) is 14.8. The van der Waals surface area contributed by atoms with Crippen LogP contribution in [-0.4, -0.2) is 14.3 Å². The van der Waals surface area contributed by atoms with E-state index in [9.17, 15) is 22.4 Å². The first-order valence-electron chi connectivity index (χ1n) is 9.05. The summed E-state index contributed by atoms with van der Waals surface area (Å²) >= 11 is 0. The number of carbonyl (C=O) groups excluding carboxylic acids is 1. The third kappa shape index (κ3) is 4.31. The van der Waals surface area contributed by atoms with Crippen molar-refractivity contribution in [3.63, 3.8) is 0 Å². The molecule has 2 N–H and O–H groups in total. The van der Waals surface area contributed by atoms with Crippen molar-refractivity contribution in [2.45, 2.75) is 4.90 Å². The Labute approximate surface area is 176 Å². The van der Waals surface area contributed by atoms with E-state index in [1.54, 1.807) is 24.3 Å². The second-order valence-electron chi connectivity index (χ2n) is 6.55. The molecule has 1 amide bonds. The molecule has 0 atom stereocenters. The third-order valence-corrected chi connectivity index (χ3v) is 5.77. The SMILES string of the molecule is O=C(Nc1cccc(S(=O)(=O)Nc2ccccc2F)c1)c1cc2ccccc2oc1=O. The Morgan fingerprint density at radius 2 is 1.65 bits per heavy atom. The van der Waals surface area contributed by atoms with E-state index in [0.29, 0.717) is 11.0 Å². The number of rotatable bonds is 5. The average Bonchev–Trinajstić information content (AvgIpc) is 2.75. The van der Waals surface area contributed by atoms with E-state index in [2.05, 4.69) is 10.0 Å². The van der Waals surface area contributed by atoms with Crippen molar-refractivity contribution >= 4 is 38.3 Å². The molecule has 1 aromatic heterocycles. The predicted octanol–water partition coefficient (Wildman–Crippen LogP) is 3.99. The van der Waals surface area contributed by atoms with Crippen LogP contribution in [0.4, 0.5) is 15.8 Å². The quantitative estimate of drug-likeness (QED) is 0.459. The second-order valence-corrected chi connectivity index (χ2v) is 8.24. The summed E-state index contributed by atoms with van der Waals surface area (Å²) in [6.07, 6.45) is 0. The summed E-state index contributed by atoms with van der Waals surface area (Å²) in [6.45, 7) is 0. The number of para-hydroxylation sites is 2. The summed E-state index contributed by atoms with van der Waals surface area (Å²) < 4.78 is 46.3. The Balaban J connectivity index is 1.60. The van der Waals surface area contributed by atoms with E-state index in [1.165, 1.54) is 48.5 Å². The van der Waals surface area contributed by atoms with Crippen molar-refractivity contribution in [1.82, 2.24) is 0 Å². The molecule has 0 fully saturated rings. The van der Waals surface area contributed by atoms with Gasteiger partial charge in [-0.25, -0.2) is 17.6 Å². The molecule has 156 valence electrons. The van der Waals surface area contributed by atoms with E-state index in [1.807, 2.05) is 0 Å². The lowest BCUT2D eigenvalue weighted by atomic mass is 10.1. The van der Waals surface area contributed by atoms with Crippen LogP contribution in [0.1, 0.15) is 10.4 Å². The van der Waals surface area contributed by atoms with Gasteiger partial charge in [-0.2, -0.15) is 0 Å². The monoisotopic (exact) mass is 438 g/mol. The normalized spacial score (nSPS) is 11.3. The molecule has 0 aliphatic rings. The van der Waals surface area contributed by atoms with Gasteiger partial charge in [0.25, 0.3) is 15.9 Å². The van der Waals surface area contributed by atoms with Crippen LogP contribution in [0.5, 0.6) is 0 Å². The average molecular weight is 438 g/mol. The van der Waals surface area contributed by atoms with Crippen LogP contribution in [0.2, 0.25) is 0 Å². The molecule has 1 heterocycles. The minimum Gasteiger partial charge on any atom is -0.422 e. The molecule has 3 aromatic carbocycles. The van der Waals surface area contributed by atoms with Gasteiger partial charge in [0, 0.05) is 11.1 Å². The van der Waals surface area contributed by atoms with Gasteiger partial charge in [0.2, 0.25) is 0 Å². The minimum absolute atomic E-state index is 0.133. The van der Waals surface area contributed by atoms with Gasteiger partial charge in [-0.15, -0.1) is 0 Å². The van der Waals surface area contributed by atoms with Crippen LogP contribution in [0.25, 0.3) is 11.0 Å². The fraction of sp³-hybridized carbons (Fsp3) is 0. The summed E-state index contributed by atoms with van der Waals surface area (Å²) in [5.41, 5.74) is -0.770. The Hall–Kier alpha value is -3.98. The van der Waals surface area contributed by atoms with Gasteiger partial charge in [0.05, 0.1) is 10.6 Å². The lowest BCUT2D eigenvalue weighted by molar-refractivity contribution is 0.102. The maximum atomic E-state index is 13.8. The molecule has 7 nitrogen and oxygen atoms in total. The van der Waals surface area contributed by atoms with Crippen molar-refractivity contribution in [3.05, 3.63) is 101 Å². The van der Waals surface area contributed by atoms with Crippen LogP contribution in [0, 0.1) is 5.82 Å². The highest BCUT2D eigenvalue weighted by Gasteiger charge is 2.18. The first-order valence-corrected chi connectivity index (χ1v) is 10.5. The van der Waals surface area contributed by atoms with Crippen molar-refractivity contribution < 1.29 is 22.0 Å². The Morgan fingerprint density at radius 3 is 2.45 bits per heavy atom. The third-order valence-electron chi connectivity index (χ3n) is 4.41. The molecule has 0 radical (unpaired) electrons. The molecular weight excluding hydrogens is 423 g/mol. The van der Waals surface area contributed by atoms with Gasteiger partial charge < -0.3 is 9.73 Å². The number of hydrogen-bond donors (Lipinski definition) is 2. The molecule has 9 heteroatoms. The molecule has 0 spiro atoms. The van der Waals surface area contributed by atoms with Crippen molar-refractivity contribution in [2.24, 2.45) is 0 Å². The van der Waals surface area contributed by atoms with E-state index in [-0.39, 0.29) is 21.8 Å². The zero-order valence-electron chi connectivity index (χ0n) is 15.8. The van der Waals surface area contributed by atoms with Crippen LogP contribution >= 0.6 is 0 Å². The molecule has 0 aliphatic heterocycles. The number of nitrogens with one attached hydrogen (secondary N) is 2. The maximum absolute atomic E-state index is 13.8. The van der Waals surface area contributed by atoms with Gasteiger partial charge in [-0.05, 0) is 42.5 Å². The number of halogens is 1. The van der Waals surface area contributed by atoms with Crippen molar-refractivity contribution in [1.29, 1.82) is 0 Å². The summed E-state index contributed by atoms with van der Waals surface area (Å²) in [5, 5.41) is 3.05. The van der Waals surface area contributed by atoms with Gasteiger partial charge >= 0.3 is 5.63 Å². The molecule has 0 bridgehead atoms. The van der Waals surface area contributed by atoms with Crippen molar-refractivity contribution in [3.8, 4) is 0 Å². The molecule has 0 unspecified atom stereocenters. The summed E-state index contributed by atoms with van der Waals surface area (Å²) in [4.78, 5) is 24.6. The fourth-order valence-electron chi connectivity index (χ4n) is 2.91. The maximum Gasteiger partial charge on any atom is 0.349 e. The topological polar surface area (TPSA) is 105 Å².